The molecule has 2 aliphatic heterocycles. The molecular formula is C19H30F3IN6OS. The van der Waals surface area contributed by atoms with Crippen LogP contribution in [0.15, 0.2) is 10.4 Å². The Bertz CT molecular complexity index is 730. The number of piperazine rings is 1. The topological polar surface area (TPSA) is 64.1 Å². The number of piperidine rings is 1. The zero-order valence-corrected chi connectivity index (χ0v) is 20.8. The zero-order valence-electron chi connectivity index (χ0n) is 17.7. The molecule has 3 heterocycles. The third-order valence-corrected chi connectivity index (χ3v) is 6.32. The van der Waals surface area contributed by atoms with Crippen LogP contribution in [0, 0.1) is 0 Å². The number of guanidine groups is 1. The van der Waals surface area contributed by atoms with E-state index in [1.54, 1.807) is 7.05 Å². The van der Waals surface area contributed by atoms with Crippen LogP contribution >= 0.6 is 35.3 Å². The number of rotatable bonds is 5. The molecule has 12 heteroatoms. The van der Waals surface area contributed by atoms with Crippen molar-refractivity contribution in [2.75, 3.05) is 59.4 Å². The van der Waals surface area contributed by atoms with E-state index in [4.69, 9.17) is 0 Å². The minimum atomic E-state index is -4.40. The lowest BCUT2D eigenvalue weighted by Crippen LogP contribution is -2.54. The summed E-state index contributed by atoms with van der Waals surface area (Å²) in [6.45, 7) is 5.74. The average Bonchev–Trinajstić information content (AvgIpc) is 3.22. The van der Waals surface area contributed by atoms with E-state index >= 15 is 0 Å². The Labute approximate surface area is 202 Å². The Morgan fingerprint density at radius 3 is 2.39 bits per heavy atom. The van der Waals surface area contributed by atoms with E-state index in [1.165, 1.54) is 6.42 Å². The maximum atomic E-state index is 12.6. The number of carbonyl (C=O) groups excluding carboxylic acids is 1. The second-order valence-electron chi connectivity index (χ2n) is 7.55. The molecule has 0 atom stereocenters. The van der Waals surface area contributed by atoms with Crippen LogP contribution in [0.5, 0.6) is 0 Å². The summed E-state index contributed by atoms with van der Waals surface area (Å²) in [4.78, 5) is 26.6. The summed E-state index contributed by atoms with van der Waals surface area (Å²) >= 11 is 1.02. The molecule has 2 aliphatic rings. The van der Waals surface area contributed by atoms with Crippen molar-refractivity contribution in [3.05, 3.63) is 16.1 Å². The van der Waals surface area contributed by atoms with Crippen LogP contribution < -0.4 is 5.32 Å². The molecular weight excluding hydrogens is 544 g/mol. The minimum absolute atomic E-state index is 0. The highest BCUT2D eigenvalue weighted by Crippen LogP contribution is 2.30. The highest BCUT2D eigenvalue weighted by atomic mass is 127. The molecule has 0 aliphatic carbocycles. The van der Waals surface area contributed by atoms with Crippen LogP contribution in [0.1, 0.15) is 30.0 Å². The predicted octanol–water partition coefficient (Wildman–Crippen LogP) is 2.53. The van der Waals surface area contributed by atoms with Crippen LogP contribution in [0.25, 0.3) is 0 Å². The van der Waals surface area contributed by atoms with E-state index in [0.717, 1.165) is 74.8 Å². The Morgan fingerprint density at radius 2 is 1.81 bits per heavy atom. The Hall–Kier alpha value is -1.15. The number of aromatic nitrogens is 1. The van der Waals surface area contributed by atoms with E-state index < -0.39 is 11.9 Å². The molecule has 2 fully saturated rings. The first kappa shape index (κ1) is 26.1. The quantitative estimate of drug-likeness (QED) is 0.333. The molecule has 1 aromatic heterocycles. The fourth-order valence-corrected chi connectivity index (χ4v) is 4.53. The first-order valence-electron chi connectivity index (χ1n) is 10.3. The van der Waals surface area contributed by atoms with E-state index in [1.807, 2.05) is 4.90 Å². The molecule has 0 unspecified atom stereocenters. The number of alkyl halides is 3. The molecule has 0 saturated carbocycles. The van der Waals surface area contributed by atoms with Gasteiger partial charge in [-0.05, 0) is 19.3 Å². The zero-order chi connectivity index (χ0) is 21.6. The molecule has 176 valence electrons. The van der Waals surface area contributed by atoms with E-state index in [9.17, 15) is 18.0 Å². The predicted molar refractivity (Wildman–Crippen MR) is 126 cm³/mol. The molecule has 7 nitrogen and oxygen atoms in total. The molecule has 0 bridgehead atoms. The van der Waals surface area contributed by atoms with Gasteiger partial charge in [-0.25, -0.2) is 4.98 Å². The van der Waals surface area contributed by atoms with Gasteiger partial charge in [-0.3, -0.25) is 14.7 Å². The maximum Gasteiger partial charge on any atom is 0.434 e. The summed E-state index contributed by atoms with van der Waals surface area (Å²) in [7, 11) is 1.69. The monoisotopic (exact) mass is 574 g/mol. The Balaban J connectivity index is 0.00000341. The van der Waals surface area contributed by atoms with Gasteiger partial charge in [-0.2, -0.15) is 13.2 Å². The van der Waals surface area contributed by atoms with Crippen molar-refractivity contribution in [1.29, 1.82) is 0 Å². The smallest absolute Gasteiger partial charge is 0.356 e. The fourth-order valence-electron chi connectivity index (χ4n) is 3.72. The summed E-state index contributed by atoms with van der Waals surface area (Å²) < 4.78 is 37.9. The summed E-state index contributed by atoms with van der Waals surface area (Å²) in [5.74, 6) is 0.942. The number of hydrogen-bond acceptors (Lipinski definition) is 5. The van der Waals surface area contributed by atoms with Gasteiger partial charge < -0.3 is 15.1 Å². The van der Waals surface area contributed by atoms with Crippen LogP contribution in [0.3, 0.4) is 0 Å². The van der Waals surface area contributed by atoms with Crippen LogP contribution in [0.2, 0.25) is 0 Å². The largest absolute Gasteiger partial charge is 0.434 e. The SMILES string of the molecule is CN=C(NCCc1nc(C(F)(F)F)cs1)N1CCN(CC(=O)N2CCCCC2)CC1.I. The van der Waals surface area contributed by atoms with Crippen molar-refractivity contribution in [3.8, 4) is 0 Å². The number of amides is 1. The molecule has 1 amide bonds. The number of hydrogen-bond donors (Lipinski definition) is 1. The third-order valence-electron chi connectivity index (χ3n) is 5.42. The standard InChI is InChI=1S/C19H29F3N6OS.HI/c1-23-18(24-6-5-16-25-15(14-30-16)19(20,21)22)28-11-9-26(10-12-28)13-17(29)27-7-3-2-4-8-27;/h14H,2-13H2,1H3,(H,23,24);1H. The molecule has 1 N–H and O–H groups in total. The van der Waals surface area contributed by atoms with Crippen LogP contribution in [-0.4, -0.2) is 91.0 Å². The van der Waals surface area contributed by atoms with Gasteiger partial charge in [-0.1, -0.05) is 0 Å². The van der Waals surface area contributed by atoms with Gasteiger partial charge in [0, 0.05) is 64.7 Å². The van der Waals surface area contributed by atoms with Gasteiger partial charge in [0.1, 0.15) is 0 Å². The Morgan fingerprint density at radius 1 is 1.13 bits per heavy atom. The summed E-state index contributed by atoms with van der Waals surface area (Å²) in [5, 5.41) is 4.71. The minimum Gasteiger partial charge on any atom is -0.356 e. The molecule has 0 spiro atoms. The summed E-state index contributed by atoms with van der Waals surface area (Å²) in [6, 6.07) is 0. The van der Waals surface area contributed by atoms with Gasteiger partial charge in [0.05, 0.1) is 11.6 Å². The van der Waals surface area contributed by atoms with Crippen molar-refractivity contribution in [3.63, 3.8) is 0 Å². The highest BCUT2D eigenvalue weighted by molar-refractivity contribution is 14.0. The molecule has 1 aromatic rings. The van der Waals surface area contributed by atoms with Gasteiger partial charge in [-0.15, -0.1) is 35.3 Å². The first-order valence-corrected chi connectivity index (χ1v) is 11.2. The first-order chi connectivity index (χ1) is 14.4. The van der Waals surface area contributed by atoms with Gasteiger partial charge in [0.2, 0.25) is 5.91 Å². The number of nitrogens with one attached hydrogen (secondary N) is 1. The Kier molecular flexibility index (Phi) is 10.3. The van der Waals surface area contributed by atoms with E-state index in [2.05, 4.69) is 25.1 Å². The fraction of sp³-hybridized carbons (Fsp3) is 0.737. The lowest BCUT2D eigenvalue weighted by molar-refractivity contribution is -0.140. The number of likely N-dealkylation sites (tertiary alicyclic amines) is 1. The van der Waals surface area contributed by atoms with Crippen molar-refractivity contribution >= 4 is 47.2 Å². The molecule has 2 saturated heterocycles. The van der Waals surface area contributed by atoms with E-state index in [-0.39, 0.29) is 29.9 Å². The lowest BCUT2D eigenvalue weighted by atomic mass is 10.1. The number of nitrogens with zero attached hydrogens (tertiary/aromatic N) is 5. The number of aliphatic imine (C=N–C) groups is 1. The molecule has 0 aromatic carbocycles. The second-order valence-corrected chi connectivity index (χ2v) is 8.50. The number of halogens is 4. The maximum absolute atomic E-state index is 12.6. The van der Waals surface area contributed by atoms with Gasteiger partial charge in [0.15, 0.2) is 11.7 Å². The van der Waals surface area contributed by atoms with Crippen LogP contribution in [-0.2, 0) is 17.4 Å². The summed E-state index contributed by atoms with van der Waals surface area (Å²) in [6.07, 6.45) is -0.585. The van der Waals surface area contributed by atoms with Crippen molar-refractivity contribution < 1.29 is 18.0 Å². The second kappa shape index (κ2) is 12.2. The van der Waals surface area contributed by atoms with E-state index in [0.29, 0.717) is 24.5 Å². The van der Waals surface area contributed by atoms with Crippen molar-refractivity contribution in [1.82, 2.24) is 25.0 Å². The molecule has 31 heavy (non-hydrogen) atoms. The lowest BCUT2D eigenvalue weighted by Gasteiger charge is -2.37. The normalized spacial score (nSPS) is 18.6. The van der Waals surface area contributed by atoms with Gasteiger partial charge >= 0.3 is 6.18 Å². The highest BCUT2D eigenvalue weighted by Gasteiger charge is 2.33. The van der Waals surface area contributed by atoms with Crippen molar-refractivity contribution in [2.24, 2.45) is 4.99 Å². The van der Waals surface area contributed by atoms with Crippen molar-refractivity contribution in [2.45, 2.75) is 31.9 Å². The molecule has 3 rings (SSSR count). The molecule has 0 radical (unpaired) electrons. The average molecular weight is 574 g/mol. The third kappa shape index (κ3) is 7.74. The number of thiazole rings is 1. The van der Waals surface area contributed by atoms with Crippen LogP contribution in [0.4, 0.5) is 13.2 Å². The number of carbonyl (C=O) groups is 1. The van der Waals surface area contributed by atoms with Gasteiger partial charge in [0.25, 0.3) is 0 Å². The summed E-state index contributed by atoms with van der Waals surface area (Å²) in [5.41, 5.74) is -0.831.